The topological polar surface area (TPSA) is 47.6 Å². The Morgan fingerprint density at radius 1 is 1.40 bits per heavy atom. The first kappa shape index (κ1) is 17.4. The van der Waals surface area contributed by atoms with E-state index in [0.717, 1.165) is 29.0 Å². The van der Waals surface area contributed by atoms with Crippen molar-refractivity contribution in [3.63, 3.8) is 0 Å². The number of nitrogens with one attached hydrogen (secondary N) is 1. The molecule has 2 heterocycles. The van der Waals surface area contributed by atoms with Gasteiger partial charge in [0.1, 0.15) is 12.2 Å². The summed E-state index contributed by atoms with van der Waals surface area (Å²) in [6.45, 7) is 6.65. The smallest absolute Gasteiger partial charge is 0.262 e. The molecule has 0 unspecified atom stereocenters. The van der Waals surface area contributed by atoms with Gasteiger partial charge in [0.2, 0.25) is 0 Å². The molecule has 1 aliphatic rings. The lowest BCUT2D eigenvalue weighted by atomic mass is 10.0. The largest absolute Gasteiger partial charge is 0.483 e. The predicted molar refractivity (Wildman–Crippen MR) is 99.5 cm³/mol. The summed E-state index contributed by atoms with van der Waals surface area (Å²) < 4.78 is 11.7. The molecule has 0 atom stereocenters. The third kappa shape index (κ3) is 4.34. The van der Waals surface area contributed by atoms with Gasteiger partial charge in [0.25, 0.3) is 5.91 Å². The summed E-state index contributed by atoms with van der Waals surface area (Å²) in [4.78, 5) is 12.6. The molecule has 0 bridgehead atoms. The number of rotatable bonds is 4. The van der Waals surface area contributed by atoms with Gasteiger partial charge in [0.15, 0.2) is 11.5 Å². The van der Waals surface area contributed by atoms with E-state index < -0.39 is 0 Å². The van der Waals surface area contributed by atoms with Gasteiger partial charge in [-0.15, -0.1) is 11.3 Å². The number of carbonyl (C=O) groups is 1. The van der Waals surface area contributed by atoms with E-state index in [1.165, 1.54) is 11.3 Å². The van der Waals surface area contributed by atoms with Crippen molar-refractivity contribution in [1.82, 2.24) is 5.32 Å². The molecule has 1 aromatic carbocycles. The molecule has 130 valence electrons. The van der Waals surface area contributed by atoms with Crippen LogP contribution in [0, 0.1) is 18.8 Å². The van der Waals surface area contributed by atoms with Crippen molar-refractivity contribution in [3.8, 4) is 23.3 Å². The van der Waals surface area contributed by atoms with E-state index in [1.54, 1.807) is 0 Å². The molecule has 5 heteroatoms. The van der Waals surface area contributed by atoms with Gasteiger partial charge in [-0.25, -0.2) is 0 Å². The van der Waals surface area contributed by atoms with Crippen molar-refractivity contribution in [2.24, 2.45) is 0 Å². The Morgan fingerprint density at radius 2 is 2.24 bits per heavy atom. The van der Waals surface area contributed by atoms with E-state index in [-0.39, 0.29) is 18.1 Å². The maximum atomic E-state index is 11.9. The van der Waals surface area contributed by atoms with Gasteiger partial charge < -0.3 is 14.8 Å². The third-order valence-corrected chi connectivity index (χ3v) is 4.82. The van der Waals surface area contributed by atoms with Crippen LogP contribution in [-0.4, -0.2) is 24.7 Å². The molecule has 1 aromatic heterocycles. The third-order valence-electron chi connectivity index (χ3n) is 3.77. The average molecular weight is 355 g/mol. The van der Waals surface area contributed by atoms with Crippen LogP contribution in [0.5, 0.6) is 11.5 Å². The summed E-state index contributed by atoms with van der Waals surface area (Å²) >= 11 is 1.44. The highest BCUT2D eigenvalue weighted by Gasteiger charge is 2.32. The molecule has 1 aliphatic heterocycles. The number of para-hydroxylation sites is 1. The standard InChI is InChI=1S/C20H21NO3S/c1-14-11-17(25-13-14)19(22)21-9-4-5-10-23-16-8-6-7-15-12-20(2,3)24-18(15)16/h6-8,11,13H,9-10,12H2,1-3H3,(H,21,22). The number of thiophene rings is 1. The van der Waals surface area contributed by atoms with Crippen LogP contribution in [0.2, 0.25) is 0 Å². The minimum atomic E-state index is -0.197. The zero-order chi connectivity index (χ0) is 17.9. The van der Waals surface area contributed by atoms with Crippen LogP contribution in [0.15, 0.2) is 29.6 Å². The molecule has 3 rings (SSSR count). The monoisotopic (exact) mass is 355 g/mol. The second kappa shape index (κ2) is 7.20. The second-order valence-electron chi connectivity index (χ2n) is 6.60. The minimum absolute atomic E-state index is 0.0928. The van der Waals surface area contributed by atoms with Crippen LogP contribution in [0.1, 0.15) is 34.6 Å². The summed E-state index contributed by atoms with van der Waals surface area (Å²) in [6, 6.07) is 7.79. The van der Waals surface area contributed by atoms with Gasteiger partial charge in [-0.2, -0.15) is 0 Å². The maximum absolute atomic E-state index is 11.9. The molecule has 25 heavy (non-hydrogen) atoms. The number of ether oxygens (including phenoxy) is 2. The fraction of sp³-hybridized carbons (Fsp3) is 0.350. The van der Waals surface area contributed by atoms with Crippen molar-refractivity contribution in [1.29, 1.82) is 0 Å². The number of aryl methyl sites for hydroxylation is 1. The van der Waals surface area contributed by atoms with E-state index in [1.807, 2.05) is 30.5 Å². The van der Waals surface area contributed by atoms with Crippen LogP contribution in [-0.2, 0) is 6.42 Å². The molecule has 0 saturated carbocycles. The highest BCUT2D eigenvalue weighted by molar-refractivity contribution is 7.12. The highest BCUT2D eigenvalue weighted by Crippen LogP contribution is 2.41. The Labute approximate surface area is 152 Å². The summed E-state index contributed by atoms with van der Waals surface area (Å²) in [5.74, 6) is 7.26. The number of hydrogen-bond donors (Lipinski definition) is 1. The summed E-state index contributed by atoms with van der Waals surface area (Å²) in [7, 11) is 0. The molecule has 0 spiro atoms. The highest BCUT2D eigenvalue weighted by atomic mass is 32.1. The summed E-state index contributed by atoms with van der Waals surface area (Å²) in [6.07, 6.45) is 0.874. The number of carbonyl (C=O) groups excluding carboxylic acids is 1. The first-order valence-corrected chi connectivity index (χ1v) is 9.05. The molecule has 0 saturated heterocycles. The first-order chi connectivity index (χ1) is 11.9. The minimum Gasteiger partial charge on any atom is -0.483 e. The molecule has 0 aliphatic carbocycles. The van der Waals surface area contributed by atoms with Gasteiger partial charge in [0, 0.05) is 12.0 Å². The zero-order valence-corrected chi connectivity index (χ0v) is 15.5. The lowest BCUT2D eigenvalue weighted by Crippen LogP contribution is -2.24. The summed E-state index contributed by atoms with van der Waals surface area (Å²) in [5.41, 5.74) is 2.06. The van der Waals surface area contributed by atoms with Crippen LogP contribution in [0.4, 0.5) is 0 Å². The lowest BCUT2D eigenvalue weighted by molar-refractivity contribution is 0.0962. The van der Waals surface area contributed by atoms with Crippen LogP contribution in [0.25, 0.3) is 0 Å². The molecule has 1 amide bonds. The van der Waals surface area contributed by atoms with Crippen molar-refractivity contribution < 1.29 is 14.3 Å². The molecule has 0 radical (unpaired) electrons. The molecule has 2 aromatic rings. The number of hydrogen-bond acceptors (Lipinski definition) is 4. The second-order valence-corrected chi connectivity index (χ2v) is 7.51. The SMILES string of the molecule is Cc1csc(C(=O)NCC#CCOc2cccc3c2OC(C)(C)C3)c1. The Bertz CT molecular complexity index is 842. The van der Waals surface area contributed by atoms with E-state index >= 15 is 0 Å². The van der Waals surface area contributed by atoms with Crippen LogP contribution in [0.3, 0.4) is 0 Å². The Hall–Kier alpha value is -2.45. The quantitative estimate of drug-likeness (QED) is 0.853. The van der Waals surface area contributed by atoms with Gasteiger partial charge in [-0.1, -0.05) is 24.0 Å². The van der Waals surface area contributed by atoms with Crippen molar-refractivity contribution in [2.75, 3.05) is 13.2 Å². The first-order valence-electron chi connectivity index (χ1n) is 8.17. The molecular formula is C20H21NO3S. The van der Waals surface area contributed by atoms with E-state index in [0.29, 0.717) is 11.4 Å². The fourth-order valence-electron chi connectivity index (χ4n) is 2.69. The van der Waals surface area contributed by atoms with E-state index in [9.17, 15) is 4.79 Å². The van der Waals surface area contributed by atoms with Crippen molar-refractivity contribution in [3.05, 3.63) is 45.6 Å². The molecule has 1 N–H and O–H groups in total. The Balaban J connectivity index is 1.48. The van der Waals surface area contributed by atoms with Gasteiger partial charge in [-0.3, -0.25) is 4.79 Å². The summed E-state index contributed by atoms with van der Waals surface area (Å²) in [5, 5.41) is 4.74. The number of amides is 1. The van der Waals surface area contributed by atoms with Crippen LogP contribution < -0.4 is 14.8 Å². The van der Waals surface area contributed by atoms with E-state index in [2.05, 4.69) is 37.1 Å². The zero-order valence-electron chi connectivity index (χ0n) is 14.6. The van der Waals surface area contributed by atoms with Crippen molar-refractivity contribution in [2.45, 2.75) is 32.8 Å². The average Bonchev–Trinajstić information content (AvgIpc) is 3.12. The fourth-order valence-corrected chi connectivity index (χ4v) is 3.50. The number of benzene rings is 1. The predicted octanol–water partition coefficient (Wildman–Crippen LogP) is 3.58. The Kier molecular flexibility index (Phi) is 5.00. The Morgan fingerprint density at radius 3 is 3.00 bits per heavy atom. The maximum Gasteiger partial charge on any atom is 0.262 e. The van der Waals surface area contributed by atoms with E-state index in [4.69, 9.17) is 9.47 Å². The normalized spacial score (nSPS) is 14.0. The van der Waals surface area contributed by atoms with Crippen LogP contribution >= 0.6 is 11.3 Å². The molecule has 0 fully saturated rings. The van der Waals surface area contributed by atoms with Gasteiger partial charge in [-0.05, 0) is 43.8 Å². The van der Waals surface area contributed by atoms with Gasteiger partial charge >= 0.3 is 0 Å². The van der Waals surface area contributed by atoms with Crippen molar-refractivity contribution >= 4 is 17.2 Å². The molecule has 4 nitrogen and oxygen atoms in total. The van der Waals surface area contributed by atoms with Gasteiger partial charge in [0.05, 0.1) is 11.4 Å². The molecular weight excluding hydrogens is 334 g/mol. The number of fused-ring (bicyclic) bond motifs is 1. The lowest BCUT2D eigenvalue weighted by Gasteiger charge is -2.17.